The molecule has 0 bridgehead atoms. The standard InChI is InChI=1S/C37H50N4O15/c1-8-37(9-2)54-23-20(17-38-33(46)56-35(3,4)5)49-31(28(23)55-37)51-24(22(30(43)44)40-34(47)48-18-19-13-11-10-12-14-19)25-26-27(53-36(6,7)52-26)29(50-25)41-16-15-21(42)39-32(41)45/h10-16,20,22-29,31H,8-9,17-18H2,1-7H3,(H,38,46)(H,40,47)(H,43,44)(H,39,42,45)/t20-,22+,23-,24+,25-,26-,27-,28-,29-,31+/m1/s1. The molecule has 0 spiro atoms. The highest BCUT2D eigenvalue weighted by Gasteiger charge is 2.63. The number of hydrogen-bond donors (Lipinski definition) is 4. The number of carboxylic acid groups (broad SMARTS) is 1. The lowest BCUT2D eigenvalue weighted by Gasteiger charge is -2.35. The van der Waals surface area contributed by atoms with Gasteiger partial charge in [0.15, 0.2) is 30.1 Å². The van der Waals surface area contributed by atoms with Crippen molar-refractivity contribution in [3.8, 4) is 0 Å². The number of nitrogens with one attached hydrogen (secondary N) is 3. The molecule has 1 aromatic carbocycles. The Hall–Kier alpha value is -4.37. The molecule has 4 saturated heterocycles. The van der Waals surface area contributed by atoms with E-state index in [2.05, 4.69) is 15.6 Å². The fraction of sp³-hybridized carbons (Fsp3) is 0.649. The van der Waals surface area contributed by atoms with Crippen LogP contribution in [0.5, 0.6) is 0 Å². The molecule has 4 N–H and O–H groups in total. The summed E-state index contributed by atoms with van der Waals surface area (Å²) in [6.07, 6.45) is -10.0. The average Bonchev–Trinajstić information content (AvgIpc) is 3.85. The Morgan fingerprint density at radius 3 is 2.25 bits per heavy atom. The topological polar surface area (TPSA) is 233 Å². The van der Waals surface area contributed by atoms with Crippen LogP contribution in [-0.2, 0) is 54.0 Å². The zero-order chi connectivity index (χ0) is 40.6. The highest BCUT2D eigenvalue weighted by atomic mass is 16.8. The van der Waals surface area contributed by atoms with Crippen molar-refractivity contribution >= 4 is 18.2 Å². The Balaban J connectivity index is 1.34. The van der Waals surface area contributed by atoms with Crippen LogP contribution in [-0.4, -0.2) is 112 Å². The summed E-state index contributed by atoms with van der Waals surface area (Å²) >= 11 is 0. The van der Waals surface area contributed by atoms with E-state index >= 15 is 0 Å². The summed E-state index contributed by atoms with van der Waals surface area (Å²) in [5.41, 5.74) is -1.58. The summed E-state index contributed by atoms with van der Waals surface area (Å²) in [6.45, 7) is 11.9. The smallest absolute Gasteiger partial charge is 0.408 e. The zero-order valence-corrected chi connectivity index (χ0v) is 32.3. The molecule has 4 fully saturated rings. The zero-order valence-electron chi connectivity index (χ0n) is 32.3. The van der Waals surface area contributed by atoms with Gasteiger partial charge in [0.05, 0.1) is 0 Å². The predicted octanol–water partition coefficient (Wildman–Crippen LogP) is 2.27. The summed E-state index contributed by atoms with van der Waals surface area (Å²) in [4.78, 5) is 66.3. The lowest BCUT2D eigenvalue weighted by Crippen LogP contribution is -2.58. The van der Waals surface area contributed by atoms with E-state index in [-0.39, 0.29) is 13.2 Å². The van der Waals surface area contributed by atoms with Gasteiger partial charge in [-0.25, -0.2) is 19.2 Å². The van der Waals surface area contributed by atoms with Crippen LogP contribution in [0.25, 0.3) is 0 Å². The largest absolute Gasteiger partial charge is 0.480 e. The number of rotatable bonds is 13. The number of H-pyrrole nitrogens is 1. The molecule has 0 radical (unpaired) electrons. The van der Waals surface area contributed by atoms with Crippen LogP contribution in [0.4, 0.5) is 9.59 Å². The average molecular weight is 791 g/mol. The van der Waals surface area contributed by atoms with E-state index < -0.39 is 108 Å². The molecule has 4 aliphatic rings. The van der Waals surface area contributed by atoms with Gasteiger partial charge in [0.25, 0.3) is 5.56 Å². The summed E-state index contributed by atoms with van der Waals surface area (Å²) in [5.74, 6) is -3.83. The molecule has 308 valence electrons. The minimum Gasteiger partial charge on any atom is -0.480 e. The van der Waals surface area contributed by atoms with Crippen molar-refractivity contribution in [3.05, 3.63) is 69.0 Å². The maximum Gasteiger partial charge on any atom is 0.408 e. The number of aromatic amines is 1. The minimum atomic E-state index is -1.88. The minimum absolute atomic E-state index is 0.0904. The second kappa shape index (κ2) is 16.2. The monoisotopic (exact) mass is 790 g/mol. The van der Waals surface area contributed by atoms with Crippen LogP contribution in [0.1, 0.15) is 73.1 Å². The fourth-order valence-corrected chi connectivity index (χ4v) is 7.24. The van der Waals surface area contributed by atoms with Crippen LogP contribution >= 0.6 is 0 Å². The normalized spacial score (nSPS) is 29.8. The number of fused-ring (bicyclic) bond motifs is 2. The Bertz CT molecular complexity index is 1840. The van der Waals surface area contributed by atoms with Crippen molar-refractivity contribution in [1.29, 1.82) is 0 Å². The van der Waals surface area contributed by atoms with Crippen molar-refractivity contribution in [2.75, 3.05) is 6.54 Å². The summed E-state index contributed by atoms with van der Waals surface area (Å²) < 4.78 is 56.5. The van der Waals surface area contributed by atoms with E-state index in [9.17, 15) is 29.1 Å². The van der Waals surface area contributed by atoms with Crippen LogP contribution in [0.3, 0.4) is 0 Å². The maximum atomic E-state index is 13.3. The van der Waals surface area contributed by atoms with E-state index in [4.69, 9.17) is 42.6 Å². The second-order valence-corrected chi connectivity index (χ2v) is 15.4. The number of alkyl carbamates (subject to hydrolysis) is 2. The van der Waals surface area contributed by atoms with Gasteiger partial charge in [0.1, 0.15) is 54.9 Å². The fourth-order valence-electron chi connectivity index (χ4n) is 7.24. The molecule has 4 aliphatic heterocycles. The van der Waals surface area contributed by atoms with Gasteiger partial charge < -0.3 is 58.4 Å². The molecular formula is C37H50N4O15. The lowest BCUT2D eigenvalue weighted by molar-refractivity contribution is -0.275. The number of hydrogen-bond acceptors (Lipinski definition) is 14. The van der Waals surface area contributed by atoms with Crippen molar-refractivity contribution < 1.29 is 62.1 Å². The maximum absolute atomic E-state index is 13.3. The number of aliphatic carboxylic acids is 1. The number of carboxylic acids is 1. The van der Waals surface area contributed by atoms with E-state index in [1.165, 1.54) is 6.20 Å². The van der Waals surface area contributed by atoms with E-state index in [0.717, 1.165) is 10.6 Å². The number of ether oxygens (including phenoxy) is 9. The van der Waals surface area contributed by atoms with Crippen molar-refractivity contribution in [1.82, 2.24) is 20.2 Å². The van der Waals surface area contributed by atoms with Crippen LogP contribution < -0.4 is 21.9 Å². The SMILES string of the molecule is CCC1(CC)O[C@H]2[C@H](O[C@H]([C@H]3O[C@@H](n4ccc(=O)[nH]c4=O)[C@@H]4OC(C)(C)O[C@H]34)[C@H](NC(=O)OCc3ccccc3)C(=O)O)O[C@H](CNC(=O)OC(C)(C)C)[C@H]2O1. The van der Waals surface area contributed by atoms with Crippen molar-refractivity contribution in [3.63, 3.8) is 0 Å². The Morgan fingerprint density at radius 2 is 1.61 bits per heavy atom. The third kappa shape index (κ3) is 9.09. The molecule has 19 nitrogen and oxygen atoms in total. The number of carbonyl (C=O) groups is 3. The first-order chi connectivity index (χ1) is 26.4. The van der Waals surface area contributed by atoms with E-state index in [0.29, 0.717) is 18.4 Å². The molecule has 19 heteroatoms. The molecule has 0 saturated carbocycles. The highest BCUT2D eigenvalue weighted by Crippen LogP contribution is 2.47. The second-order valence-electron chi connectivity index (χ2n) is 15.4. The molecule has 6 rings (SSSR count). The van der Waals surface area contributed by atoms with Crippen molar-refractivity contribution in [2.45, 2.75) is 146 Å². The van der Waals surface area contributed by atoms with Gasteiger partial charge in [-0.2, -0.15) is 0 Å². The van der Waals surface area contributed by atoms with Crippen molar-refractivity contribution in [2.24, 2.45) is 0 Å². The summed E-state index contributed by atoms with van der Waals surface area (Å²) in [6, 6.07) is 8.02. The quantitative estimate of drug-likeness (QED) is 0.228. The first kappa shape index (κ1) is 41.3. The first-order valence-corrected chi connectivity index (χ1v) is 18.6. The Morgan fingerprint density at radius 1 is 0.929 bits per heavy atom. The predicted molar refractivity (Wildman–Crippen MR) is 191 cm³/mol. The third-order valence-electron chi connectivity index (χ3n) is 9.78. The summed E-state index contributed by atoms with van der Waals surface area (Å²) in [5, 5.41) is 15.8. The lowest BCUT2D eigenvalue weighted by atomic mass is 9.99. The molecule has 2 amide bonds. The summed E-state index contributed by atoms with van der Waals surface area (Å²) in [7, 11) is 0. The molecule has 1 aromatic heterocycles. The van der Waals surface area contributed by atoms with Gasteiger partial charge in [0.2, 0.25) is 0 Å². The molecule has 2 aromatic rings. The highest BCUT2D eigenvalue weighted by molar-refractivity contribution is 5.80. The Kier molecular flexibility index (Phi) is 12.0. The molecule has 0 aliphatic carbocycles. The van der Waals surface area contributed by atoms with Crippen LogP contribution in [0.2, 0.25) is 0 Å². The van der Waals surface area contributed by atoms with Gasteiger partial charge >= 0.3 is 23.8 Å². The number of nitrogens with zero attached hydrogens (tertiary/aromatic N) is 1. The number of carbonyl (C=O) groups excluding carboxylic acids is 2. The number of benzene rings is 1. The molecule has 5 heterocycles. The van der Waals surface area contributed by atoms with Gasteiger partial charge in [-0.15, -0.1) is 0 Å². The third-order valence-corrected chi connectivity index (χ3v) is 9.78. The van der Waals surface area contributed by atoms with Gasteiger partial charge in [-0.05, 0) is 53.0 Å². The Labute approximate surface area is 322 Å². The molecule has 10 atom stereocenters. The molecular weight excluding hydrogens is 740 g/mol. The van der Waals surface area contributed by atoms with Crippen LogP contribution in [0.15, 0.2) is 52.2 Å². The van der Waals surface area contributed by atoms with Crippen LogP contribution in [0, 0.1) is 0 Å². The molecule has 0 unspecified atom stereocenters. The van der Waals surface area contributed by atoms with Gasteiger partial charge in [0, 0.05) is 18.8 Å². The first-order valence-electron chi connectivity index (χ1n) is 18.6. The number of amides is 2. The molecule has 56 heavy (non-hydrogen) atoms. The van der Waals surface area contributed by atoms with Gasteiger partial charge in [-0.3, -0.25) is 14.3 Å². The number of aromatic nitrogens is 2. The van der Waals surface area contributed by atoms with Gasteiger partial charge in [-0.1, -0.05) is 44.2 Å². The van der Waals surface area contributed by atoms with E-state index in [1.54, 1.807) is 65.0 Å². The van der Waals surface area contributed by atoms with E-state index in [1.807, 2.05) is 13.8 Å².